The standard InChI is InChI=1S/C11H13N3S/c1-8(2)10-12-11(15)13-14(10)9-6-4-3-5-7-9/h3-8H,1-2H3,(H,13,15). The summed E-state index contributed by atoms with van der Waals surface area (Å²) < 4.78 is 2.47. The molecule has 4 heteroatoms. The molecule has 0 saturated carbocycles. The number of para-hydroxylation sites is 1. The predicted molar refractivity (Wildman–Crippen MR) is 62.8 cm³/mol. The van der Waals surface area contributed by atoms with Gasteiger partial charge >= 0.3 is 0 Å². The van der Waals surface area contributed by atoms with Crippen LogP contribution in [0.15, 0.2) is 30.3 Å². The first kappa shape index (κ1) is 10.1. The molecule has 0 radical (unpaired) electrons. The average molecular weight is 219 g/mol. The number of hydrogen-bond acceptors (Lipinski definition) is 2. The molecule has 0 aliphatic heterocycles. The van der Waals surface area contributed by atoms with Crippen LogP contribution < -0.4 is 0 Å². The van der Waals surface area contributed by atoms with Gasteiger partial charge in [0.25, 0.3) is 0 Å². The van der Waals surface area contributed by atoms with E-state index in [0.29, 0.717) is 10.7 Å². The highest BCUT2D eigenvalue weighted by molar-refractivity contribution is 7.71. The molecule has 15 heavy (non-hydrogen) atoms. The number of hydrogen-bond donors (Lipinski definition) is 1. The summed E-state index contributed by atoms with van der Waals surface area (Å²) in [4.78, 5) is 4.31. The SMILES string of the molecule is CC(C)c1nc(=S)[nH]n1-c1ccccc1. The molecule has 1 N–H and O–H groups in total. The number of aromatic amines is 1. The zero-order chi connectivity index (χ0) is 10.8. The van der Waals surface area contributed by atoms with Gasteiger partial charge in [-0.1, -0.05) is 32.0 Å². The Bertz CT molecular complexity index is 496. The van der Waals surface area contributed by atoms with Crippen LogP contribution in [0.3, 0.4) is 0 Å². The van der Waals surface area contributed by atoms with Crippen LogP contribution in [0.1, 0.15) is 25.6 Å². The first-order valence-electron chi connectivity index (χ1n) is 4.93. The van der Waals surface area contributed by atoms with Gasteiger partial charge in [0.05, 0.1) is 5.69 Å². The maximum atomic E-state index is 5.05. The van der Waals surface area contributed by atoms with Crippen molar-refractivity contribution in [1.82, 2.24) is 14.8 Å². The van der Waals surface area contributed by atoms with Gasteiger partial charge in [-0.05, 0) is 24.4 Å². The van der Waals surface area contributed by atoms with Crippen LogP contribution in [0.4, 0.5) is 0 Å². The lowest BCUT2D eigenvalue weighted by atomic mass is 10.2. The molecule has 2 rings (SSSR count). The summed E-state index contributed by atoms with van der Waals surface area (Å²) >= 11 is 5.05. The Hall–Kier alpha value is -1.42. The fraction of sp³-hybridized carbons (Fsp3) is 0.273. The van der Waals surface area contributed by atoms with Crippen LogP contribution in [-0.4, -0.2) is 14.8 Å². The molecule has 0 bridgehead atoms. The van der Waals surface area contributed by atoms with Crippen molar-refractivity contribution < 1.29 is 0 Å². The first-order valence-corrected chi connectivity index (χ1v) is 5.33. The summed E-state index contributed by atoms with van der Waals surface area (Å²) in [6, 6.07) is 10.0. The quantitative estimate of drug-likeness (QED) is 0.788. The van der Waals surface area contributed by atoms with Crippen molar-refractivity contribution in [2.24, 2.45) is 0 Å². The van der Waals surface area contributed by atoms with Gasteiger partial charge < -0.3 is 0 Å². The number of H-pyrrole nitrogens is 1. The Kier molecular flexibility index (Phi) is 2.68. The average Bonchev–Trinajstić information content (AvgIpc) is 2.62. The molecule has 0 aliphatic rings. The second-order valence-corrected chi connectivity index (χ2v) is 4.10. The molecule has 0 amide bonds. The maximum absolute atomic E-state index is 5.05. The third-order valence-electron chi connectivity index (χ3n) is 2.18. The van der Waals surface area contributed by atoms with Gasteiger partial charge in [-0.25, -0.2) is 9.67 Å². The van der Waals surface area contributed by atoms with Crippen molar-refractivity contribution in [2.45, 2.75) is 19.8 Å². The second kappa shape index (κ2) is 3.98. The summed E-state index contributed by atoms with van der Waals surface area (Å²) in [5.74, 6) is 1.31. The maximum Gasteiger partial charge on any atom is 0.213 e. The highest BCUT2D eigenvalue weighted by atomic mass is 32.1. The third-order valence-corrected chi connectivity index (χ3v) is 2.37. The van der Waals surface area contributed by atoms with E-state index in [0.717, 1.165) is 11.5 Å². The molecule has 3 nitrogen and oxygen atoms in total. The smallest absolute Gasteiger partial charge is 0.213 e. The van der Waals surface area contributed by atoms with Crippen LogP contribution in [0, 0.1) is 4.77 Å². The van der Waals surface area contributed by atoms with Gasteiger partial charge in [-0.2, -0.15) is 0 Å². The van der Waals surface area contributed by atoms with Gasteiger partial charge in [-0.15, -0.1) is 0 Å². The number of nitrogens with zero attached hydrogens (tertiary/aromatic N) is 2. The van der Waals surface area contributed by atoms with Crippen LogP contribution >= 0.6 is 12.2 Å². The van der Waals surface area contributed by atoms with Crippen molar-refractivity contribution in [1.29, 1.82) is 0 Å². The molecule has 78 valence electrons. The van der Waals surface area contributed by atoms with Crippen molar-refractivity contribution in [3.05, 3.63) is 40.9 Å². The largest absolute Gasteiger partial charge is 0.266 e. The van der Waals surface area contributed by atoms with E-state index in [4.69, 9.17) is 12.2 Å². The minimum atomic E-state index is 0.346. The lowest BCUT2D eigenvalue weighted by Crippen LogP contribution is -2.04. The Morgan fingerprint density at radius 2 is 1.93 bits per heavy atom. The molecular formula is C11H13N3S. The Balaban J connectivity index is 2.58. The van der Waals surface area contributed by atoms with E-state index in [-0.39, 0.29) is 0 Å². The molecule has 0 spiro atoms. The summed E-state index contributed by atoms with van der Waals surface area (Å²) in [5, 5.41) is 3.06. The van der Waals surface area contributed by atoms with E-state index < -0.39 is 0 Å². The highest BCUT2D eigenvalue weighted by Gasteiger charge is 2.09. The molecule has 1 aromatic carbocycles. The normalized spacial score (nSPS) is 10.9. The monoisotopic (exact) mass is 219 g/mol. The van der Waals surface area contributed by atoms with Crippen LogP contribution in [0.5, 0.6) is 0 Å². The number of aromatic nitrogens is 3. The van der Waals surface area contributed by atoms with Crippen molar-refractivity contribution in [2.75, 3.05) is 0 Å². The summed E-state index contributed by atoms with van der Waals surface area (Å²) in [6.07, 6.45) is 0. The molecule has 0 fully saturated rings. The van der Waals surface area contributed by atoms with Gasteiger partial charge in [0.15, 0.2) is 0 Å². The Labute approximate surface area is 93.8 Å². The van der Waals surface area contributed by atoms with E-state index in [1.165, 1.54) is 0 Å². The predicted octanol–water partition coefficient (Wildman–Crippen LogP) is 3.05. The van der Waals surface area contributed by atoms with Crippen molar-refractivity contribution in [3.63, 3.8) is 0 Å². The van der Waals surface area contributed by atoms with Gasteiger partial charge in [0, 0.05) is 5.92 Å². The van der Waals surface area contributed by atoms with E-state index in [9.17, 15) is 0 Å². The molecule has 0 unspecified atom stereocenters. The minimum Gasteiger partial charge on any atom is -0.266 e. The van der Waals surface area contributed by atoms with Crippen molar-refractivity contribution >= 4 is 12.2 Å². The van der Waals surface area contributed by atoms with E-state index in [1.807, 2.05) is 35.0 Å². The van der Waals surface area contributed by atoms with Gasteiger partial charge in [0.1, 0.15) is 5.82 Å². The van der Waals surface area contributed by atoms with Crippen LogP contribution in [-0.2, 0) is 0 Å². The fourth-order valence-corrected chi connectivity index (χ4v) is 1.68. The van der Waals surface area contributed by atoms with Crippen molar-refractivity contribution in [3.8, 4) is 5.69 Å². The van der Waals surface area contributed by atoms with E-state index in [2.05, 4.69) is 23.9 Å². The molecule has 1 aromatic heterocycles. The molecule has 0 aliphatic carbocycles. The highest BCUT2D eigenvalue weighted by Crippen LogP contribution is 2.15. The van der Waals surface area contributed by atoms with E-state index >= 15 is 0 Å². The summed E-state index contributed by atoms with van der Waals surface area (Å²) in [6.45, 7) is 4.20. The van der Waals surface area contributed by atoms with E-state index in [1.54, 1.807) is 0 Å². The molecule has 0 atom stereocenters. The Morgan fingerprint density at radius 3 is 2.53 bits per heavy atom. The topological polar surface area (TPSA) is 33.6 Å². The molecular weight excluding hydrogens is 206 g/mol. The molecule has 2 aromatic rings. The first-order chi connectivity index (χ1) is 7.18. The van der Waals surface area contributed by atoms with Gasteiger partial charge in [0.2, 0.25) is 4.77 Å². The summed E-state index contributed by atoms with van der Waals surface area (Å²) in [7, 11) is 0. The summed E-state index contributed by atoms with van der Waals surface area (Å²) in [5.41, 5.74) is 1.06. The number of benzene rings is 1. The van der Waals surface area contributed by atoms with Gasteiger partial charge in [-0.3, -0.25) is 5.10 Å². The number of rotatable bonds is 2. The lowest BCUT2D eigenvalue weighted by molar-refractivity contribution is 0.714. The number of nitrogens with one attached hydrogen (secondary N) is 1. The lowest BCUT2D eigenvalue weighted by Gasteiger charge is -2.08. The molecule has 1 heterocycles. The zero-order valence-corrected chi connectivity index (χ0v) is 9.58. The third kappa shape index (κ3) is 1.99. The second-order valence-electron chi connectivity index (χ2n) is 3.71. The van der Waals surface area contributed by atoms with Crippen LogP contribution in [0.2, 0.25) is 0 Å². The zero-order valence-electron chi connectivity index (χ0n) is 8.77. The molecule has 0 saturated heterocycles. The fourth-order valence-electron chi connectivity index (χ4n) is 1.49. The minimum absolute atomic E-state index is 0.346. The van der Waals surface area contributed by atoms with Crippen LogP contribution in [0.25, 0.3) is 5.69 Å². The Morgan fingerprint density at radius 1 is 1.27 bits per heavy atom.